The van der Waals surface area contributed by atoms with Gasteiger partial charge in [0.05, 0.1) is 17.4 Å². The van der Waals surface area contributed by atoms with Gasteiger partial charge in [-0.25, -0.2) is 24.4 Å². The number of anilines is 2. The first kappa shape index (κ1) is 27.2. The molecule has 0 aliphatic heterocycles. The highest BCUT2D eigenvalue weighted by Gasteiger charge is 2.38. The van der Waals surface area contributed by atoms with E-state index in [4.69, 9.17) is 14.9 Å². The summed E-state index contributed by atoms with van der Waals surface area (Å²) in [6, 6.07) is 14.1. The van der Waals surface area contributed by atoms with Crippen LogP contribution in [0.25, 0.3) is 27.7 Å². The number of nitrogens with one attached hydrogen (secondary N) is 1. The second-order valence-electron chi connectivity index (χ2n) is 9.61. The predicted octanol–water partition coefficient (Wildman–Crippen LogP) is 5.29. The zero-order chi connectivity index (χ0) is 28.4. The van der Waals surface area contributed by atoms with Crippen molar-refractivity contribution in [3.8, 4) is 16.8 Å². The van der Waals surface area contributed by atoms with Crippen molar-refractivity contribution in [2.45, 2.75) is 32.4 Å². The number of aryl methyl sites for hydroxylation is 1. The molecule has 0 bridgehead atoms. The minimum absolute atomic E-state index is 0.0863. The molecule has 0 atom stereocenters. The number of carboxylic acids is 1. The van der Waals surface area contributed by atoms with Crippen LogP contribution in [0.15, 0.2) is 67.4 Å². The van der Waals surface area contributed by atoms with Crippen LogP contribution >= 0.6 is 0 Å². The van der Waals surface area contributed by atoms with Crippen LogP contribution in [-0.2, 0) is 17.3 Å². The number of rotatable bonds is 4. The number of benzene rings is 2. The number of fused-ring (bicyclic) bond motifs is 1. The average Bonchev–Trinajstić information content (AvgIpc) is 3.54. The fourth-order valence-corrected chi connectivity index (χ4v) is 3.39. The van der Waals surface area contributed by atoms with Crippen LogP contribution < -0.4 is 5.32 Å². The molecule has 5 rings (SSSR count). The lowest BCUT2D eigenvalue weighted by molar-refractivity contribution is -0.192. The van der Waals surface area contributed by atoms with E-state index in [1.807, 2.05) is 56.0 Å². The Kier molecular flexibility index (Phi) is 7.34. The molecule has 0 radical (unpaired) electrons. The summed E-state index contributed by atoms with van der Waals surface area (Å²) >= 11 is 0. The second-order valence-corrected chi connectivity index (χ2v) is 9.61. The molecule has 202 valence electrons. The molecule has 0 aliphatic rings. The molecule has 5 aromatic rings. The van der Waals surface area contributed by atoms with Gasteiger partial charge in [-0.3, -0.25) is 4.68 Å². The van der Waals surface area contributed by atoms with E-state index in [-0.39, 0.29) is 5.41 Å². The van der Waals surface area contributed by atoms with Gasteiger partial charge in [-0.05, 0) is 35.9 Å². The number of carbonyl (C=O) groups is 1. The lowest BCUT2D eigenvalue weighted by atomic mass is 9.96. The van der Waals surface area contributed by atoms with Gasteiger partial charge in [0, 0.05) is 41.5 Å². The largest absolute Gasteiger partial charge is 0.490 e. The molecule has 0 unspecified atom stereocenters. The SMILES string of the molecule is Cn1cc(-c2ccc3cnc(Nc4ccc(-n5cnc(C(C)(C)C)n5)cc4)nc3c2)cn1.O=C(O)C(F)(F)F. The van der Waals surface area contributed by atoms with Crippen molar-refractivity contribution in [2.24, 2.45) is 7.05 Å². The highest BCUT2D eigenvalue weighted by molar-refractivity contribution is 5.84. The number of aliphatic carboxylic acids is 1. The molecule has 0 saturated carbocycles. The van der Waals surface area contributed by atoms with Gasteiger partial charge in [0.2, 0.25) is 5.95 Å². The molecule has 0 aliphatic carbocycles. The quantitative estimate of drug-likeness (QED) is 0.317. The second kappa shape index (κ2) is 10.5. The van der Waals surface area contributed by atoms with Crippen LogP contribution in [0.3, 0.4) is 0 Å². The van der Waals surface area contributed by atoms with Crippen molar-refractivity contribution in [3.05, 3.63) is 73.2 Å². The summed E-state index contributed by atoms with van der Waals surface area (Å²) in [7, 11) is 1.91. The van der Waals surface area contributed by atoms with Gasteiger partial charge in [0.25, 0.3) is 0 Å². The Balaban J connectivity index is 0.000000448. The van der Waals surface area contributed by atoms with Crippen LogP contribution in [0.4, 0.5) is 24.8 Å². The molecule has 3 heterocycles. The minimum Gasteiger partial charge on any atom is -0.475 e. The topological polar surface area (TPSA) is 124 Å². The maximum absolute atomic E-state index is 10.6. The average molecular weight is 539 g/mol. The summed E-state index contributed by atoms with van der Waals surface area (Å²) in [5.74, 6) is -1.40. The summed E-state index contributed by atoms with van der Waals surface area (Å²) in [5, 5.41) is 20.2. The van der Waals surface area contributed by atoms with E-state index in [0.29, 0.717) is 5.95 Å². The van der Waals surface area contributed by atoms with E-state index in [0.717, 1.165) is 39.2 Å². The van der Waals surface area contributed by atoms with E-state index in [1.165, 1.54) is 0 Å². The maximum Gasteiger partial charge on any atom is 0.490 e. The lowest BCUT2D eigenvalue weighted by Gasteiger charge is -2.12. The summed E-state index contributed by atoms with van der Waals surface area (Å²) in [6.07, 6.45) is 2.33. The van der Waals surface area contributed by atoms with Crippen LogP contribution in [0.5, 0.6) is 0 Å². The number of nitrogens with zero attached hydrogens (tertiary/aromatic N) is 7. The van der Waals surface area contributed by atoms with Crippen molar-refractivity contribution >= 4 is 28.5 Å². The third-order valence-corrected chi connectivity index (χ3v) is 5.41. The number of carboxylic acid groups (broad SMARTS) is 1. The minimum atomic E-state index is -5.08. The third kappa shape index (κ3) is 6.74. The summed E-state index contributed by atoms with van der Waals surface area (Å²) in [4.78, 5) is 22.5. The first-order valence-electron chi connectivity index (χ1n) is 11.6. The van der Waals surface area contributed by atoms with Gasteiger partial charge in [0.1, 0.15) is 6.33 Å². The number of alkyl halides is 3. The van der Waals surface area contributed by atoms with E-state index >= 15 is 0 Å². The maximum atomic E-state index is 10.6. The van der Waals surface area contributed by atoms with Crippen molar-refractivity contribution in [3.63, 3.8) is 0 Å². The fraction of sp³-hybridized carbons (Fsp3) is 0.231. The zero-order valence-electron chi connectivity index (χ0n) is 21.5. The number of aromatic nitrogens is 7. The normalized spacial score (nSPS) is 11.7. The van der Waals surface area contributed by atoms with Crippen LogP contribution in [0, 0.1) is 0 Å². The lowest BCUT2D eigenvalue weighted by Crippen LogP contribution is -2.21. The van der Waals surface area contributed by atoms with Gasteiger partial charge in [-0.15, -0.1) is 0 Å². The van der Waals surface area contributed by atoms with Gasteiger partial charge < -0.3 is 10.4 Å². The molecule has 39 heavy (non-hydrogen) atoms. The Bertz CT molecular complexity index is 1600. The van der Waals surface area contributed by atoms with Crippen molar-refractivity contribution < 1.29 is 23.1 Å². The monoisotopic (exact) mass is 538 g/mol. The standard InChI is InChI=1S/C24H24N8.C2HF3O2/c1-24(2,3)22-26-15-32(30-22)20-9-7-19(8-10-20)28-23-25-12-17-6-5-16(11-21(17)29-23)18-13-27-31(4)14-18;3-2(4,5)1(6)7/h5-15H,1-4H3,(H,25,28,29);(H,6,7). The van der Waals surface area contributed by atoms with Crippen LogP contribution in [0.2, 0.25) is 0 Å². The number of halogens is 3. The molecule has 0 amide bonds. The van der Waals surface area contributed by atoms with Gasteiger partial charge in [-0.2, -0.15) is 23.4 Å². The number of hydrogen-bond acceptors (Lipinski definition) is 7. The molecular formula is C26H25F3N8O2. The van der Waals surface area contributed by atoms with Crippen molar-refractivity contribution in [1.82, 2.24) is 34.5 Å². The Labute approximate surface area is 221 Å². The van der Waals surface area contributed by atoms with E-state index in [9.17, 15) is 13.2 Å². The smallest absolute Gasteiger partial charge is 0.475 e. The Morgan fingerprint density at radius 1 is 0.974 bits per heavy atom. The summed E-state index contributed by atoms with van der Waals surface area (Å²) in [6.45, 7) is 6.30. The first-order chi connectivity index (χ1) is 18.3. The Morgan fingerprint density at radius 2 is 1.67 bits per heavy atom. The molecule has 2 N–H and O–H groups in total. The third-order valence-electron chi connectivity index (χ3n) is 5.41. The molecule has 2 aromatic carbocycles. The zero-order valence-corrected chi connectivity index (χ0v) is 21.5. The van der Waals surface area contributed by atoms with E-state index in [1.54, 1.807) is 15.7 Å². The molecule has 0 fully saturated rings. The van der Waals surface area contributed by atoms with Crippen molar-refractivity contribution in [1.29, 1.82) is 0 Å². The van der Waals surface area contributed by atoms with Gasteiger partial charge >= 0.3 is 12.1 Å². The van der Waals surface area contributed by atoms with E-state index in [2.05, 4.69) is 58.4 Å². The molecule has 10 nitrogen and oxygen atoms in total. The predicted molar refractivity (Wildman–Crippen MR) is 139 cm³/mol. The summed E-state index contributed by atoms with van der Waals surface area (Å²) < 4.78 is 35.3. The first-order valence-corrected chi connectivity index (χ1v) is 11.6. The molecule has 0 saturated heterocycles. The van der Waals surface area contributed by atoms with Crippen molar-refractivity contribution in [2.75, 3.05) is 5.32 Å². The van der Waals surface area contributed by atoms with Gasteiger partial charge in [-0.1, -0.05) is 32.9 Å². The molecular weight excluding hydrogens is 513 g/mol. The molecule has 13 heteroatoms. The Hall–Kier alpha value is -4.81. The number of hydrogen-bond donors (Lipinski definition) is 2. The highest BCUT2D eigenvalue weighted by atomic mass is 19.4. The fourth-order valence-electron chi connectivity index (χ4n) is 3.39. The molecule has 3 aromatic heterocycles. The van der Waals surface area contributed by atoms with Gasteiger partial charge in [0.15, 0.2) is 5.82 Å². The molecule has 0 spiro atoms. The summed E-state index contributed by atoms with van der Waals surface area (Å²) in [5.41, 5.74) is 4.75. The highest BCUT2D eigenvalue weighted by Crippen LogP contribution is 2.25. The van der Waals surface area contributed by atoms with Crippen LogP contribution in [-0.4, -0.2) is 51.8 Å². The van der Waals surface area contributed by atoms with Crippen LogP contribution in [0.1, 0.15) is 26.6 Å². The Morgan fingerprint density at radius 3 is 2.23 bits per heavy atom. The van der Waals surface area contributed by atoms with E-state index < -0.39 is 12.1 Å².